The second-order valence-corrected chi connectivity index (χ2v) is 3.15. The lowest BCUT2D eigenvalue weighted by atomic mass is 10.2. The zero-order valence-electron chi connectivity index (χ0n) is 8.86. The van der Waals surface area contributed by atoms with Crippen molar-refractivity contribution in [3.8, 4) is 0 Å². The van der Waals surface area contributed by atoms with Crippen LogP contribution in [0.1, 0.15) is 17.3 Å². The van der Waals surface area contributed by atoms with Crippen LogP contribution in [-0.2, 0) is 4.74 Å². The fourth-order valence-electron chi connectivity index (χ4n) is 1.38. The molecule has 0 radical (unpaired) electrons. The Balaban J connectivity index is 2.59. The van der Waals surface area contributed by atoms with Crippen molar-refractivity contribution in [3.63, 3.8) is 0 Å². The molecule has 0 saturated heterocycles. The van der Waals surface area contributed by atoms with Gasteiger partial charge in [0.05, 0.1) is 17.1 Å². The van der Waals surface area contributed by atoms with E-state index in [-0.39, 0.29) is 23.5 Å². The van der Waals surface area contributed by atoms with Crippen LogP contribution in [0.2, 0.25) is 0 Å². The molecule has 0 bridgehead atoms. The highest BCUT2D eigenvalue weighted by molar-refractivity contribution is 5.90. The summed E-state index contributed by atoms with van der Waals surface area (Å²) in [6.07, 6.45) is 2.67. The highest BCUT2D eigenvalue weighted by atomic mass is 16.6. The molecule has 0 aliphatic rings. The summed E-state index contributed by atoms with van der Waals surface area (Å²) in [5, 5.41) is 18.0. The van der Waals surface area contributed by atoms with Gasteiger partial charge in [0.25, 0.3) is 0 Å². The van der Waals surface area contributed by atoms with Crippen LogP contribution in [0.5, 0.6) is 0 Å². The van der Waals surface area contributed by atoms with Crippen LogP contribution in [0.3, 0.4) is 0 Å². The van der Waals surface area contributed by atoms with E-state index in [0.717, 1.165) is 6.07 Å². The number of carbonyl (C=O) groups is 1. The van der Waals surface area contributed by atoms with Gasteiger partial charge in [-0.15, -0.1) is 10.2 Å². The van der Waals surface area contributed by atoms with E-state index in [9.17, 15) is 14.9 Å². The minimum atomic E-state index is -0.619. The van der Waals surface area contributed by atoms with E-state index in [0.29, 0.717) is 0 Å². The molecule has 0 spiro atoms. The second kappa shape index (κ2) is 4.16. The Morgan fingerprint density at radius 3 is 3.06 bits per heavy atom. The Bertz CT molecular complexity index is 592. The summed E-state index contributed by atoms with van der Waals surface area (Å²) in [6, 6.07) is 1.13. The number of fused-ring (bicyclic) bond motifs is 1. The van der Waals surface area contributed by atoms with Crippen LogP contribution >= 0.6 is 0 Å². The largest absolute Gasteiger partial charge is 0.462 e. The van der Waals surface area contributed by atoms with Gasteiger partial charge in [0.15, 0.2) is 0 Å². The van der Waals surface area contributed by atoms with Crippen molar-refractivity contribution in [2.24, 2.45) is 0 Å². The predicted molar refractivity (Wildman–Crippen MR) is 55.6 cm³/mol. The Labute approximate surface area is 95.0 Å². The van der Waals surface area contributed by atoms with Gasteiger partial charge < -0.3 is 4.74 Å². The van der Waals surface area contributed by atoms with Crippen molar-refractivity contribution < 1.29 is 14.5 Å². The van der Waals surface area contributed by atoms with E-state index in [4.69, 9.17) is 4.74 Å². The molecule has 2 aromatic heterocycles. The number of ether oxygens (including phenoxy) is 1. The third-order valence-electron chi connectivity index (χ3n) is 2.08. The Kier molecular flexibility index (Phi) is 2.69. The summed E-state index contributed by atoms with van der Waals surface area (Å²) in [4.78, 5) is 21.7. The minimum absolute atomic E-state index is 0.0862. The third kappa shape index (κ3) is 1.92. The van der Waals surface area contributed by atoms with Crippen molar-refractivity contribution in [2.45, 2.75) is 6.92 Å². The van der Waals surface area contributed by atoms with Gasteiger partial charge in [0.1, 0.15) is 6.33 Å². The molecule has 17 heavy (non-hydrogen) atoms. The van der Waals surface area contributed by atoms with E-state index in [1.165, 1.54) is 16.9 Å². The van der Waals surface area contributed by atoms with E-state index in [1.54, 1.807) is 6.92 Å². The molecule has 8 nitrogen and oxygen atoms in total. The number of carbonyl (C=O) groups excluding carboxylic acids is 1. The number of nitro groups is 1. The number of aromatic nitrogens is 3. The van der Waals surface area contributed by atoms with Gasteiger partial charge in [0, 0.05) is 12.3 Å². The van der Waals surface area contributed by atoms with Gasteiger partial charge in [-0.3, -0.25) is 14.5 Å². The molecule has 88 valence electrons. The minimum Gasteiger partial charge on any atom is -0.462 e. The normalized spacial score (nSPS) is 10.4. The van der Waals surface area contributed by atoms with E-state index in [1.807, 2.05) is 0 Å². The smallest absolute Gasteiger partial charge is 0.339 e. The van der Waals surface area contributed by atoms with Crippen molar-refractivity contribution in [1.82, 2.24) is 14.6 Å². The first-order chi connectivity index (χ1) is 8.13. The third-order valence-corrected chi connectivity index (χ3v) is 2.08. The summed E-state index contributed by atoms with van der Waals surface area (Å²) in [6.45, 7) is 1.86. The first-order valence-electron chi connectivity index (χ1n) is 4.78. The maximum atomic E-state index is 11.5. The number of hydrogen-bond acceptors (Lipinski definition) is 6. The molecule has 0 aromatic carbocycles. The average Bonchev–Trinajstić information content (AvgIpc) is 2.75. The molecule has 0 N–H and O–H groups in total. The quantitative estimate of drug-likeness (QED) is 0.444. The van der Waals surface area contributed by atoms with Crippen LogP contribution in [0, 0.1) is 10.1 Å². The molecule has 0 unspecified atom stereocenters. The molecule has 0 saturated carbocycles. The van der Waals surface area contributed by atoms with E-state index < -0.39 is 10.9 Å². The maximum Gasteiger partial charge on any atom is 0.339 e. The summed E-state index contributed by atoms with van der Waals surface area (Å²) in [5.41, 5.74) is -0.109. The topological polar surface area (TPSA) is 99.6 Å². The van der Waals surface area contributed by atoms with Crippen molar-refractivity contribution in [1.29, 1.82) is 0 Å². The average molecular weight is 236 g/mol. The van der Waals surface area contributed by atoms with Crippen LogP contribution in [-0.4, -0.2) is 32.1 Å². The maximum absolute atomic E-state index is 11.5. The number of hydrogen-bond donors (Lipinski definition) is 0. The number of esters is 1. The standard InChI is InChI=1S/C9H8N4O4/c1-2-17-9(14)6-3-7(13(15)16)8-11-10-5-12(8)4-6/h3-5H,2H2,1H3. The lowest BCUT2D eigenvalue weighted by molar-refractivity contribution is -0.383. The molecule has 0 atom stereocenters. The van der Waals surface area contributed by atoms with Crippen LogP contribution in [0.15, 0.2) is 18.6 Å². The summed E-state index contributed by atoms with van der Waals surface area (Å²) >= 11 is 0. The number of pyridine rings is 1. The molecule has 2 aromatic rings. The zero-order valence-corrected chi connectivity index (χ0v) is 8.86. The van der Waals surface area contributed by atoms with Gasteiger partial charge in [0.2, 0.25) is 5.65 Å². The molecule has 0 aliphatic carbocycles. The molecule has 2 heterocycles. The number of nitrogens with zero attached hydrogens (tertiary/aromatic N) is 4. The zero-order chi connectivity index (χ0) is 12.4. The summed E-state index contributed by atoms with van der Waals surface area (Å²) < 4.78 is 6.08. The highest BCUT2D eigenvalue weighted by Gasteiger charge is 2.19. The van der Waals surface area contributed by atoms with Gasteiger partial charge >= 0.3 is 11.7 Å². The molecular weight excluding hydrogens is 228 g/mol. The predicted octanol–water partition coefficient (Wildman–Crippen LogP) is 0.814. The molecule has 8 heteroatoms. The summed E-state index contributed by atoms with van der Waals surface area (Å²) in [5.74, 6) is -0.619. The molecule has 2 rings (SSSR count). The van der Waals surface area contributed by atoms with Crippen molar-refractivity contribution in [3.05, 3.63) is 34.3 Å². The van der Waals surface area contributed by atoms with Crippen molar-refractivity contribution in [2.75, 3.05) is 6.61 Å². The molecule has 0 amide bonds. The Morgan fingerprint density at radius 1 is 1.65 bits per heavy atom. The van der Waals surface area contributed by atoms with Gasteiger partial charge in [-0.1, -0.05) is 0 Å². The van der Waals surface area contributed by atoms with Crippen LogP contribution in [0.25, 0.3) is 5.65 Å². The molecule has 0 aliphatic heterocycles. The van der Waals surface area contributed by atoms with Gasteiger partial charge in [-0.25, -0.2) is 4.79 Å². The lowest BCUT2D eigenvalue weighted by Crippen LogP contribution is -2.07. The first-order valence-corrected chi connectivity index (χ1v) is 4.78. The fourth-order valence-corrected chi connectivity index (χ4v) is 1.38. The lowest BCUT2D eigenvalue weighted by Gasteiger charge is -2.02. The fraction of sp³-hybridized carbons (Fsp3) is 0.222. The Morgan fingerprint density at radius 2 is 2.41 bits per heavy atom. The number of rotatable bonds is 3. The SMILES string of the molecule is CCOC(=O)c1cc([N+](=O)[O-])c2nncn2c1. The first kappa shape index (κ1) is 11.0. The highest BCUT2D eigenvalue weighted by Crippen LogP contribution is 2.19. The van der Waals surface area contributed by atoms with E-state index in [2.05, 4.69) is 10.2 Å². The molecular formula is C9H8N4O4. The van der Waals surface area contributed by atoms with Crippen molar-refractivity contribution >= 4 is 17.3 Å². The monoisotopic (exact) mass is 236 g/mol. The Hall–Kier alpha value is -2.51. The van der Waals surface area contributed by atoms with Crippen LogP contribution < -0.4 is 0 Å². The van der Waals surface area contributed by atoms with E-state index >= 15 is 0 Å². The van der Waals surface area contributed by atoms with Gasteiger partial charge in [-0.2, -0.15) is 0 Å². The molecule has 0 fully saturated rings. The second-order valence-electron chi connectivity index (χ2n) is 3.15. The van der Waals surface area contributed by atoms with Gasteiger partial charge in [-0.05, 0) is 6.92 Å². The van der Waals surface area contributed by atoms with Crippen LogP contribution in [0.4, 0.5) is 5.69 Å². The summed E-state index contributed by atoms with van der Waals surface area (Å²) in [7, 11) is 0.